The molecule has 0 unspecified atom stereocenters. The van der Waals surface area contributed by atoms with Crippen molar-refractivity contribution in [1.82, 2.24) is 16.2 Å². The van der Waals surface area contributed by atoms with Crippen molar-refractivity contribution in [1.29, 1.82) is 0 Å². The van der Waals surface area contributed by atoms with Gasteiger partial charge in [0, 0.05) is 11.0 Å². The van der Waals surface area contributed by atoms with Gasteiger partial charge in [-0.05, 0) is 81.8 Å². The molecule has 1 aromatic carbocycles. The van der Waals surface area contributed by atoms with E-state index >= 15 is 0 Å². The van der Waals surface area contributed by atoms with Crippen LogP contribution >= 0.6 is 0 Å². The standard InChI is InChI=1S/C22H29N3O3/c1-13-3-4-18(14(2)5-13)20(27)25-24-19(26)12-23-21(28)22-9-15-6-16(10-22)8-17(7-15)11-22/h3-5,15-17H,6-12H2,1-2H3,(H,23,28)(H,24,26)(H,25,27). The molecule has 28 heavy (non-hydrogen) atoms. The van der Waals surface area contributed by atoms with Crippen molar-refractivity contribution in [3.63, 3.8) is 0 Å². The molecule has 5 rings (SSSR count). The number of nitrogens with one attached hydrogen (secondary N) is 3. The smallest absolute Gasteiger partial charge is 0.269 e. The van der Waals surface area contributed by atoms with Crippen molar-refractivity contribution < 1.29 is 14.4 Å². The number of hydrazine groups is 1. The molecule has 0 radical (unpaired) electrons. The average Bonchev–Trinajstić information content (AvgIpc) is 2.63. The van der Waals surface area contributed by atoms with Crippen LogP contribution in [0.1, 0.15) is 60.0 Å². The van der Waals surface area contributed by atoms with Gasteiger partial charge in [0.2, 0.25) is 5.91 Å². The molecule has 0 aromatic heterocycles. The van der Waals surface area contributed by atoms with E-state index in [0.717, 1.165) is 30.4 Å². The van der Waals surface area contributed by atoms with E-state index in [9.17, 15) is 14.4 Å². The normalized spacial score (nSPS) is 30.0. The fraction of sp³-hybridized carbons (Fsp3) is 0.591. The third-order valence-corrected chi connectivity index (χ3v) is 6.87. The Morgan fingerprint density at radius 1 is 0.964 bits per heavy atom. The van der Waals surface area contributed by atoms with Crippen LogP contribution in [0.2, 0.25) is 0 Å². The van der Waals surface area contributed by atoms with Crippen molar-refractivity contribution in [3.8, 4) is 0 Å². The number of carbonyl (C=O) groups excluding carboxylic acids is 3. The van der Waals surface area contributed by atoms with Crippen LogP contribution in [0.5, 0.6) is 0 Å². The maximum Gasteiger partial charge on any atom is 0.269 e. The summed E-state index contributed by atoms with van der Waals surface area (Å²) in [5.74, 6) is 1.28. The maximum atomic E-state index is 12.9. The van der Waals surface area contributed by atoms with Gasteiger partial charge in [-0.3, -0.25) is 25.2 Å². The highest BCUT2D eigenvalue weighted by molar-refractivity contribution is 5.97. The van der Waals surface area contributed by atoms with Crippen LogP contribution in [0, 0.1) is 37.0 Å². The van der Waals surface area contributed by atoms with E-state index in [1.54, 1.807) is 6.07 Å². The van der Waals surface area contributed by atoms with Gasteiger partial charge in [0.25, 0.3) is 11.8 Å². The third-order valence-electron chi connectivity index (χ3n) is 6.87. The Hall–Kier alpha value is -2.37. The molecule has 150 valence electrons. The topological polar surface area (TPSA) is 87.3 Å². The SMILES string of the molecule is Cc1ccc(C(=O)NNC(=O)CNC(=O)C23CC4CC(CC(C4)C2)C3)c(C)c1. The second kappa shape index (κ2) is 7.22. The number of carbonyl (C=O) groups is 3. The molecule has 6 nitrogen and oxygen atoms in total. The lowest BCUT2D eigenvalue weighted by atomic mass is 9.49. The molecule has 0 aliphatic heterocycles. The number of amides is 3. The van der Waals surface area contributed by atoms with Crippen LogP contribution in [-0.2, 0) is 9.59 Å². The van der Waals surface area contributed by atoms with E-state index in [4.69, 9.17) is 0 Å². The molecule has 0 heterocycles. The van der Waals surface area contributed by atoms with E-state index in [0.29, 0.717) is 23.3 Å². The highest BCUT2D eigenvalue weighted by atomic mass is 16.2. The Morgan fingerprint density at radius 2 is 1.57 bits per heavy atom. The van der Waals surface area contributed by atoms with Crippen LogP contribution < -0.4 is 16.2 Å². The summed E-state index contributed by atoms with van der Waals surface area (Å²) in [5.41, 5.74) is 7.00. The zero-order valence-electron chi connectivity index (χ0n) is 16.6. The first kappa shape index (κ1) is 19.0. The summed E-state index contributed by atoms with van der Waals surface area (Å²) in [5, 5.41) is 2.82. The maximum absolute atomic E-state index is 12.9. The number of benzene rings is 1. The first-order valence-electron chi connectivity index (χ1n) is 10.3. The van der Waals surface area contributed by atoms with Gasteiger partial charge in [0.15, 0.2) is 0 Å². The summed E-state index contributed by atoms with van der Waals surface area (Å²) in [7, 11) is 0. The molecule has 4 aliphatic rings. The highest BCUT2D eigenvalue weighted by Crippen LogP contribution is 2.60. The van der Waals surface area contributed by atoms with Gasteiger partial charge >= 0.3 is 0 Å². The lowest BCUT2D eigenvalue weighted by Crippen LogP contribution is -2.55. The molecule has 4 bridgehead atoms. The van der Waals surface area contributed by atoms with E-state index in [1.165, 1.54) is 19.3 Å². The van der Waals surface area contributed by atoms with Crippen LogP contribution in [0.25, 0.3) is 0 Å². The number of hydrogen-bond donors (Lipinski definition) is 3. The number of aryl methyl sites for hydroxylation is 2. The predicted molar refractivity (Wildman–Crippen MR) is 105 cm³/mol. The monoisotopic (exact) mass is 383 g/mol. The van der Waals surface area contributed by atoms with Crippen molar-refractivity contribution in [3.05, 3.63) is 34.9 Å². The zero-order valence-corrected chi connectivity index (χ0v) is 16.6. The van der Waals surface area contributed by atoms with Gasteiger partial charge in [0.1, 0.15) is 0 Å². The predicted octanol–water partition coefficient (Wildman–Crippen LogP) is 2.40. The first-order valence-corrected chi connectivity index (χ1v) is 10.3. The number of rotatable bonds is 4. The highest BCUT2D eigenvalue weighted by Gasteiger charge is 2.54. The van der Waals surface area contributed by atoms with Crippen LogP contribution in [0.3, 0.4) is 0 Å². The van der Waals surface area contributed by atoms with Gasteiger partial charge in [0.05, 0.1) is 6.54 Å². The molecule has 4 fully saturated rings. The largest absolute Gasteiger partial charge is 0.346 e. The molecular formula is C22H29N3O3. The second-order valence-corrected chi connectivity index (χ2v) is 9.20. The minimum Gasteiger partial charge on any atom is -0.346 e. The quantitative estimate of drug-likeness (QED) is 0.698. The fourth-order valence-electron chi connectivity index (χ4n) is 6.04. The second-order valence-electron chi connectivity index (χ2n) is 9.20. The van der Waals surface area contributed by atoms with Gasteiger partial charge in [-0.15, -0.1) is 0 Å². The summed E-state index contributed by atoms with van der Waals surface area (Å²) in [6.45, 7) is 3.70. The Morgan fingerprint density at radius 3 is 2.14 bits per heavy atom. The minimum atomic E-state index is -0.420. The van der Waals surface area contributed by atoms with Gasteiger partial charge in [-0.1, -0.05) is 17.7 Å². The first-order chi connectivity index (χ1) is 13.3. The summed E-state index contributed by atoms with van der Waals surface area (Å²) < 4.78 is 0. The average molecular weight is 383 g/mol. The lowest BCUT2D eigenvalue weighted by molar-refractivity contribution is -0.147. The molecule has 0 atom stereocenters. The van der Waals surface area contributed by atoms with Gasteiger partial charge < -0.3 is 5.32 Å². The van der Waals surface area contributed by atoms with E-state index in [2.05, 4.69) is 16.2 Å². The molecular weight excluding hydrogens is 354 g/mol. The van der Waals surface area contributed by atoms with Crippen LogP contribution in [0.4, 0.5) is 0 Å². The Kier molecular flexibility index (Phi) is 4.89. The van der Waals surface area contributed by atoms with E-state index < -0.39 is 5.91 Å². The Bertz CT molecular complexity index is 782. The summed E-state index contributed by atoms with van der Waals surface area (Å²) >= 11 is 0. The van der Waals surface area contributed by atoms with Gasteiger partial charge in [-0.2, -0.15) is 0 Å². The zero-order chi connectivity index (χ0) is 19.9. The molecule has 0 saturated heterocycles. The number of hydrogen-bond acceptors (Lipinski definition) is 3. The van der Waals surface area contributed by atoms with Crippen LogP contribution in [0.15, 0.2) is 18.2 Å². The van der Waals surface area contributed by atoms with Gasteiger partial charge in [-0.25, -0.2) is 0 Å². The Labute approximate surface area is 165 Å². The summed E-state index contributed by atoms with van der Waals surface area (Å²) in [6.07, 6.45) is 6.73. The van der Waals surface area contributed by atoms with Crippen molar-refractivity contribution in [2.45, 2.75) is 52.4 Å². The van der Waals surface area contributed by atoms with Crippen molar-refractivity contribution >= 4 is 17.7 Å². The molecule has 3 N–H and O–H groups in total. The molecule has 4 aliphatic carbocycles. The Balaban J connectivity index is 1.27. The summed E-state index contributed by atoms with van der Waals surface area (Å²) in [6, 6.07) is 5.51. The lowest BCUT2D eigenvalue weighted by Gasteiger charge is -2.55. The fourth-order valence-corrected chi connectivity index (χ4v) is 6.04. The summed E-state index contributed by atoms with van der Waals surface area (Å²) in [4.78, 5) is 37.2. The minimum absolute atomic E-state index is 0.0162. The molecule has 0 spiro atoms. The molecule has 1 aromatic rings. The van der Waals surface area contributed by atoms with E-state index in [-0.39, 0.29) is 23.8 Å². The third kappa shape index (κ3) is 3.64. The molecule has 6 heteroatoms. The van der Waals surface area contributed by atoms with Crippen LogP contribution in [-0.4, -0.2) is 24.3 Å². The van der Waals surface area contributed by atoms with Crippen molar-refractivity contribution in [2.24, 2.45) is 23.2 Å². The molecule has 3 amide bonds. The van der Waals surface area contributed by atoms with Crippen molar-refractivity contribution in [2.75, 3.05) is 6.54 Å². The molecule has 4 saturated carbocycles. The van der Waals surface area contributed by atoms with E-state index in [1.807, 2.05) is 26.0 Å².